The SMILES string of the molecule is CCS(=O)c1cccc(C2=CC(NC)c3cncn32)c1. The molecule has 1 aromatic heterocycles. The van der Waals surface area contributed by atoms with Crippen LogP contribution in [0, 0.1) is 0 Å². The van der Waals surface area contributed by atoms with E-state index in [1.165, 1.54) is 0 Å². The van der Waals surface area contributed by atoms with Crippen LogP contribution in [0.2, 0.25) is 0 Å². The van der Waals surface area contributed by atoms with Gasteiger partial charge in [-0.05, 0) is 30.8 Å². The molecule has 0 saturated heterocycles. The molecule has 1 aliphatic rings. The fourth-order valence-corrected chi connectivity index (χ4v) is 3.31. The summed E-state index contributed by atoms with van der Waals surface area (Å²) in [5.74, 6) is 0.637. The third-order valence-corrected chi connectivity index (χ3v) is 4.84. The summed E-state index contributed by atoms with van der Waals surface area (Å²) in [6, 6.07) is 8.11. The molecule has 104 valence electrons. The van der Waals surface area contributed by atoms with Crippen molar-refractivity contribution >= 4 is 16.5 Å². The maximum Gasteiger partial charge on any atom is 0.0994 e. The third-order valence-electron chi connectivity index (χ3n) is 3.54. The molecule has 5 heteroatoms. The Kier molecular flexibility index (Phi) is 3.54. The zero-order valence-electron chi connectivity index (χ0n) is 11.5. The smallest absolute Gasteiger partial charge is 0.0994 e. The second-order valence-corrected chi connectivity index (χ2v) is 6.41. The molecule has 2 heterocycles. The van der Waals surface area contributed by atoms with Gasteiger partial charge in [-0.2, -0.15) is 0 Å². The molecule has 0 fully saturated rings. The highest BCUT2D eigenvalue weighted by Gasteiger charge is 2.23. The van der Waals surface area contributed by atoms with Gasteiger partial charge in [0, 0.05) is 10.6 Å². The number of fused-ring (bicyclic) bond motifs is 1. The standard InChI is InChI=1S/C15H17N3OS/c1-3-20(19)12-6-4-5-11(7-12)14-8-13(16-2)15-9-17-10-18(14)15/h4-10,13,16H,3H2,1-2H3. The van der Waals surface area contributed by atoms with Gasteiger partial charge in [0.15, 0.2) is 0 Å². The molecule has 2 atom stereocenters. The Morgan fingerprint density at radius 2 is 2.30 bits per heavy atom. The molecule has 0 aliphatic carbocycles. The normalized spacial score (nSPS) is 18.7. The highest BCUT2D eigenvalue weighted by atomic mass is 32.2. The first-order chi connectivity index (χ1) is 9.74. The van der Waals surface area contributed by atoms with E-state index in [0.29, 0.717) is 5.75 Å². The van der Waals surface area contributed by atoms with Crippen LogP contribution in [-0.2, 0) is 10.8 Å². The highest BCUT2D eigenvalue weighted by Crippen LogP contribution is 2.32. The van der Waals surface area contributed by atoms with E-state index >= 15 is 0 Å². The summed E-state index contributed by atoms with van der Waals surface area (Å²) >= 11 is 0. The van der Waals surface area contributed by atoms with Crippen LogP contribution >= 0.6 is 0 Å². The van der Waals surface area contributed by atoms with Crippen LogP contribution in [0.3, 0.4) is 0 Å². The Bertz CT molecular complexity index is 690. The van der Waals surface area contributed by atoms with Gasteiger partial charge in [-0.15, -0.1) is 0 Å². The minimum absolute atomic E-state index is 0.174. The number of imidazole rings is 1. The van der Waals surface area contributed by atoms with Crippen LogP contribution in [0.25, 0.3) is 5.70 Å². The van der Waals surface area contributed by atoms with Gasteiger partial charge in [0.1, 0.15) is 0 Å². The number of benzene rings is 1. The van der Waals surface area contributed by atoms with Crippen molar-refractivity contribution in [1.29, 1.82) is 0 Å². The van der Waals surface area contributed by atoms with Crippen molar-refractivity contribution in [3.8, 4) is 0 Å². The summed E-state index contributed by atoms with van der Waals surface area (Å²) in [7, 11) is 1.01. The van der Waals surface area contributed by atoms with E-state index in [2.05, 4.69) is 20.9 Å². The Hall–Kier alpha value is -1.72. The molecule has 0 bridgehead atoms. The fraction of sp³-hybridized carbons (Fsp3) is 0.267. The Labute approximate surface area is 121 Å². The Balaban J connectivity index is 2.04. The summed E-state index contributed by atoms with van der Waals surface area (Å²) in [5, 5.41) is 3.26. The summed E-state index contributed by atoms with van der Waals surface area (Å²) in [5.41, 5.74) is 3.29. The van der Waals surface area contributed by atoms with Crippen molar-refractivity contribution in [3.05, 3.63) is 54.1 Å². The van der Waals surface area contributed by atoms with E-state index in [-0.39, 0.29) is 6.04 Å². The molecule has 3 rings (SSSR count). The van der Waals surface area contributed by atoms with E-state index < -0.39 is 10.8 Å². The summed E-state index contributed by atoms with van der Waals surface area (Å²) in [4.78, 5) is 5.09. The van der Waals surface area contributed by atoms with Crippen LogP contribution in [0.5, 0.6) is 0 Å². The van der Waals surface area contributed by atoms with E-state index in [4.69, 9.17) is 0 Å². The molecular formula is C15H17N3OS. The molecule has 0 saturated carbocycles. The third kappa shape index (κ3) is 2.13. The molecule has 2 aromatic rings. The lowest BCUT2D eigenvalue weighted by Crippen LogP contribution is -2.12. The van der Waals surface area contributed by atoms with Crippen molar-refractivity contribution in [2.75, 3.05) is 12.8 Å². The lowest BCUT2D eigenvalue weighted by molar-refractivity contribution is 0.684. The molecule has 1 aliphatic heterocycles. The summed E-state index contributed by atoms with van der Waals surface area (Å²) in [6.07, 6.45) is 5.87. The van der Waals surface area contributed by atoms with Crippen molar-refractivity contribution in [1.82, 2.24) is 14.9 Å². The monoisotopic (exact) mass is 287 g/mol. The summed E-state index contributed by atoms with van der Waals surface area (Å²) < 4.78 is 14.0. The Morgan fingerprint density at radius 1 is 1.45 bits per heavy atom. The number of aromatic nitrogens is 2. The predicted octanol–water partition coefficient (Wildman–Crippen LogP) is 2.17. The first-order valence-corrected chi connectivity index (χ1v) is 7.97. The van der Waals surface area contributed by atoms with Gasteiger partial charge < -0.3 is 9.88 Å². The second-order valence-electron chi connectivity index (χ2n) is 4.67. The van der Waals surface area contributed by atoms with Gasteiger partial charge in [0.05, 0.1) is 40.8 Å². The molecule has 0 spiro atoms. The molecule has 4 nitrogen and oxygen atoms in total. The van der Waals surface area contributed by atoms with Gasteiger partial charge in [-0.3, -0.25) is 4.21 Å². The van der Waals surface area contributed by atoms with E-state index in [0.717, 1.165) is 21.8 Å². The number of hydrogen-bond donors (Lipinski definition) is 1. The molecule has 0 radical (unpaired) electrons. The number of hydrogen-bond acceptors (Lipinski definition) is 3. The number of nitrogens with zero attached hydrogens (tertiary/aromatic N) is 2. The zero-order chi connectivity index (χ0) is 14.1. The number of likely N-dealkylation sites (N-methyl/N-ethyl adjacent to an activating group) is 1. The van der Waals surface area contributed by atoms with Crippen molar-refractivity contribution in [2.45, 2.75) is 17.9 Å². The first kappa shape index (κ1) is 13.3. The van der Waals surface area contributed by atoms with Crippen LogP contribution < -0.4 is 5.32 Å². The lowest BCUT2D eigenvalue weighted by atomic mass is 10.1. The maximum absolute atomic E-state index is 12.0. The molecular weight excluding hydrogens is 270 g/mol. The number of rotatable bonds is 4. The van der Waals surface area contributed by atoms with Crippen LogP contribution in [0.15, 0.2) is 47.8 Å². The zero-order valence-corrected chi connectivity index (χ0v) is 12.4. The molecule has 1 N–H and O–H groups in total. The minimum Gasteiger partial charge on any atom is -0.308 e. The average molecular weight is 287 g/mol. The van der Waals surface area contributed by atoms with E-state index in [9.17, 15) is 4.21 Å². The maximum atomic E-state index is 12.0. The largest absolute Gasteiger partial charge is 0.308 e. The minimum atomic E-state index is -0.927. The van der Waals surface area contributed by atoms with Crippen molar-refractivity contribution < 1.29 is 4.21 Å². The van der Waals surface area contributed by atoms with E-state index in [1.807, 2.05) is 50.8 Å². The van der Waals surface area contributed by atoms with Crippen molar-refractivity contribution in [2.24, 2.45) is 0 Å². The quantitative estimate of drug-likeness (QED) is 0.937. The topological polar surface area (TPSA) is 46.9 Å². The predicted molar refractivity (Wildman–Crippen MR) is 80.8 cm³/mol. The fourth-order valence-electron chi connectivity index (χ4n) is 2.49. The molecule has 0 amide bonds. The van der Waals surface area contributed by atoms with Gasteiger partial charge in [-0.25, -0.2) is 4.98 Å². The van der Waals surface area contributed by atoms with E-state index in [1.54, 1.807) is 0 Å². The first-order valence-electron chi connectivity index (χ1n) is 6.65. The summed E-state index contributed by atoms with van der Waals surface area (Å²) in [6.45, 7) is 1.93. The van der Waals surface area contributed by atoms with Gasteiger partial charge in [0.2, 0.25) is 0 Å². The van der Waals surface area contributed by atoms with Crippen LogP contribution in [-0.4, -0.2) is 26.6 Å². The van der Waals surface area contributed by atoms with Crippen LogP contribution in [0.1, 0.15) is 24.2 Å². The molecule has 1 aromatic carbocycles. The van der Waals surface area contributed by atoms with Crippen LogP contribution in [0.4, 0.5) is 0 Å². The highest BCUT2D eigenvalue weighted by molar-refractivity contribution is 7.85. The lowest BCUT2D eigenvalue weighted by Gasteiger charge is -2.08. The van der Waals surface area contributed by atoms with Gasteiger partial charge in [0.25, 0.3) is 0 Å². The Morgan fingerprint density at radius 3 is 3.05 bits per heavy atom. The average Bonchev–Trinajstić information content (AvgIpc) is 3.08. The second kappa shape index (κ2) is 5.34. The van der Waals surface area contributed by atoms with Crippen molar-refractivity contribution in [3.63, 3.8) is 0 Å². The van der Waals surface area contributed by atoms with Gasteiger partial charge in [-0.1, -0.05) is 19.1 Å². The molecule has 2 unspecified atom stereocenters. The van der Waals surface area contributed by atoms with Gasteiger partial charge >= 0.3 is 0 Å². The molecule has 20 heavy (non-hydrogen) atoms. The number of nitrogens with one attached hydrogen (secondary N) is 1.